The SMILES string of the molecule is CC(C)(C)NCC(O)c1ccc(O)c(O)c1.O=P(O)(O)O. The van der Waals surface area contributed by atoms with E-state index in [9.17, 15) is 10.2 Å². The lowest BCUT2D eigenvalue weighted by molar-refractivity contribution is 0.163. The van der Waals surface area contributed by atoms with Crippen LogP contribution in [-0.2, 0) is 4.57 Å². The second-order valence-electron chi connectivity index (χ2n) is 5.41. The maximum atomic E-state index is 9.84. The number of hydrogen-bond donors (Lipinski definition) is 7. The van der Waals surface area contributed by atoms with Gasteiger partial charge in [0.05, 0.1) is 6.10 Å². The molecule has 1 rings (SSSR count). The lowest BCUT2D eigenvalue weighted by Crippen LogP contribution is -2.38. The van der Waals surface area contributed by atoms with Crippen molar-refractivity contribution in [2.75, 3.05) is 6.54 Å². The molecule has 1 aromatic rings. The topological polar surface area (TPSA) is 150 Å². The molecule has 0 fully saturated rings. The van der Waals surface area contributed by atoms with Crippen LogP contribution >= 0.6 is 7.82 Å². The smallest absolute Gasteiger partial charge is 0.466 e. The third-order valence-electron chi connectivity index (χ3n) is 2.21. The maximum Gasteiger partial charge on any atom is 0.466 e. The van der Waals surface area contributed by atoms with Crippen molar-refractivity contribution < 1.29 is 34.6 Å². The van der Waals surface area contributed by atoms with Gasteiger partial charge in [0.1, 0.15) is 0 Å². The van der Waals surface area contributed by atoms with Crippen LogP contribution in [0.3, 0.4) is 0 Å². The molecule has 0 aliphatic heterocycles. The van der Waals surface area contributed by atoms with Crippen LogP contribution in [0.1, 0.15) is 32.4 Å². The average Bonchev–Trinajstić information content (AvgIpc) is 2.26. The first-order chi connectivity index (χ1) is 9.29. The predicted molar refractivity (Wildman–Crippen MR) is 76.8 cm³/mol. The Balaban J connectivity index is 0.000000690. The summed E-state index contributed by atoms with van der Waals surface area (Å²) in [7, 11) is -4.64. The number of aliphatic hydroxyl groups is 1. The Kier molecular flexibility index (Phi) is 7.32. The Morgan fingerprint density at radius 1 is 1.14 bits per heavy atom. The fourth-order valence-electron chi connectivity index (χ4n) is 1.27. The van der Waals surface area contributed by atoms with E-state index in [0.717, 1.165) is 0 Å². The van der Waals surface area contributed by atoms with Crippen molar-refractivity contribution in [3.05, 3.63) is 23.8 Å². The van der Waals surface area contributed by atoms with E-state index in [1.54, 1.807) is 6.07 Å². The van der Waals surface area contributed by atoms with Crippen molar-refractivity contribution in [2.24, 2.45) is 0 Å². The van der Waals surface area contributed by atoms with Gasteiger partial charge in [0.2, 0.25) is 0 Å². The number of phosphoric acid groups is 1. The first kappa shape index (κ1) is 19.9. The maximum absolute atomic E-state index is 9.84. The van der Waals surface area contributed by atoms with Crippen molar-refractivity contribution in [1.29, 1.82) is 0 Å². The minimum Gasteiger partial charge on any atom is -0.504 e. The summed E-state index contributed by atoms with van der Waals surface area (Å²) >= 11 is 0. The molecule has 1 aromatic carbocycles. The van der Waals surface area contributed by atoms with Crippen molar-refractivity contribution in [2.45, 2.75) is 32.4 Å². The zero-order chi connectivity index (χ0) is 16.8. The monoisotopic (exact) mass is 323 g/mol. The molecule has 8 nitrogen and oxygen atoms in total. The Labute approximate surface area is 122 Å². The lowest BCUT2D eigenvalue weighted by Gasteiger charge is -2.23. The van der Waals surface area contributed by atoms with Gasteiger partial charge in [-0.3, -0.25) is 0 Å². The molecule has 0 aliphatic carbocycles. The molecule has 0 heterocycles. The summed E-state index contributed by atoms with van der Waals surface area (Å²) in [6.45, 7) is 6.42. The highest BCUT2D eigenvalue weighted by molar-refractivity contribution is 7.45. The Bertz CT molecular complexity index is 487. The standard InChI is InChI=1S/C12H19NO3.H3O4P/c1-12(2,3)13-7-11(16)8-4-5-9(14)10(15)6-8;1-5(2,3)4/h4-6,11,13-16H,7H2,1-3H3;(H3,1,2,3,4). The summed E-state index contributed by atoms with van der Waals surface area (Å²) in [5, 5.41) is 31.4. The van der Waals surface area contributed by atoms with Crippen LogP contribution in [0, 0.1) is 0 Å². The summed E-state index contributed by atoms with van der Waals surface area (Å²) in [4.78, 5) is 21.6. The number of phenolic OH excluding ortho intramolecular Hbond substituents is 2. The molecule has 0 aromatic heterocycles. The first-order valence-corrected chi connectivity index (χ1v) is 7.59. The van der Waals surface area contributed by atoms with Gasteiger partial charge in [0, 0.05) is 12.1 Å². The van der Waals surface area contributed by atoms with Crippen LogP contribution in [-0.4, -0.2) is 42.1 Å². The van der Waals surface area contributed by atoms with Crippen molar-refractivity contribution >= 4 is 7.82 Å². The van der Waals surface area contributed by atoms with E-state index in [1.807, 2.05) is 20.8 Å². The molecular formula is C12H22NO7P. The van der Waals surface area contributed by atoms with Crippen LogP contribution in [0.4, 0.5) is 0 Å². The van der Waals surface area contributed by atoms with E-state index in [4.69, 9.17) is 24.4 Å². The number of phenols is 2. The van der Waals surface area contributed by atoms with Gasteiger partial charge < -0.3 is 35.3 Å². The van der Waals surface area contributed by atoms with Crippen molar-refractivity contribution in [1.82, 2.24) is 5.32 Å². The number of hydrogen-bond acceptors (Lipinski definition) is 5. The molecule has 0 radical (unpaired) electrons. The minimum atomic E-state index is -4.64. The third kappa shape index (κ3) is 11.2. The molecule has 122 valence electrons. The van der Waals surface area contributed by atoms with Gasteiger partial charge in [0.25, 0.3) is 0 Å². The summed E-state index contributed by atoms with van der Waals surface area (Å²) in [6, 6.07) is 4.32. The molecule has 0 saturated heterocycles. The molecule has 0 saturated carbocycles. The van der Waals surface area contributed by atoms with Gasteiger partial charge >= 0.3 is 7.82 Å². The van der Waals surface area contributed by atoms with Gasteiger partial charge in [-0.25, -0.2) is 4.57 Å². The van der Waals surface area contributed by atoms with Crippen LogP contribution in [0.25, 0.3) is 0 Å². The number of nitrogens with one attached hydrogen (secondary N) is 1. The summed E-state index contributed by atoms with van der Waals surface area (Å²) in [6.07, 6.45) is -0.703. The Morgan fingerprint density at radius 2 is 1.62 bits per heavy atom. The largest absolute Gasteiger partial charge is 0.504 e. The number of β-amino-alcohol motifs (C(OH)–C–C–N with tert-alkyl or cyclic N) is 1. The normalized spacial score (nSPS) is 13.3. The van der Waals surface area contributed by atoms with E-state index >= 15 is 0 Å². The molecular weight excluding hydrogens is 301 g/mol. The zero-order valence-electron chi connectivity index (χ0n) is 12.1. The summed E-state index contributed by atoms with van der Waals surface area (Å²) in [5.41, 5.74) is 0.506. The quantitative estimate of drug-likeness (QED) is 0.315. The van der Waals surface area contributed by atoms with Gasteiger partial charge in [0.15, 0.2) is 11.5 Å². The lowest BCUT2D eigenvalue weighted by atomic mass is 10.1. The molecule has 21 heavy (non-hydrogen) atoms. The molecule has 7 N–H and O–H groups in total. The van der Waals surface area contributed by atoms with Crippen LogP contribution in [0.2, 0.25) is 0 Å². The highest BCUT2D eigenvalue weighted by Crippen LogP contribution is 2.27. The van der Waals surface area contributed by atoms with Crippen LogP contribution < -0.4 is 5.32 Å². The third-order valence-corrected chi connectivity index (χ3v) is 2.21. The highest BCUT2D eigenvalue weighted by Gasteiger charge is 2.14. The molecule has 1 atom stereocenters. The van der Waals surface area contributed by atoms with E-state index < -0.39 is 13.9 Å². The van der Waals surface area contributed by atoms with Gasteiger partial charge in [-0.1, -0.05) is 6.07 Å². The second kappa shape index (κ2) is 7.74. The van der Waals surface area contributed by atoms with Crippen LogP contribution in [0.15, 0.2) is 18.2 Å². The molecule has 9 heteroatoms. The van der Waals surface area contributed by atoms with E-state index in [0.29, 0.717) is 12.1 Å². The van der Waals surface area contributed by atoms with Gasteiger partial charge in [-0.2, -0.15) is 0 Å². The number of rotatable bonds is 3. The van der Waals surface area contributed by atoms with Gasteiger partial charge in [-0.15, -0.1) is 0 Å². The molecule has 1 unspecified atom stereocenters. The van der Waals surface area contributed by atoms with E-state index in [1.165, 1.54) is 12.1 Å². The van der Waals surface area contributed by atoms with E-state index in [2.05, 4.69) is 5.32 Å². The zero-order valence-corrected chi connectivity index (χ0v) is 12.9. The van der Waals surface area contributed by atoms with Crippen molar-refractivity contribution in [3.8, 4) is 11.5 Å². The Morgan fingerprint density at radius 3 is 2.00 bits per heavy atom. The number of aliphatic hydroxyl groups excluding tert-OH is 1. The first-order valence-electron chi connectivity index (χ1n) is 6.03. The molecule has 0 amide bonds. The van der Waals surface area contributed by atoms with Crippen LogP contribution in [0.5, 0.6) is 11.5 Å². The Hall–Kier alpha value is -1.15. The minimum absolute atomic E-state index is 0.0695. The second-order valence-corrected chi connectivity index (χ2v) is 6.43. The predicted octanol–water partition coefficient (Wildman–Crippen LogP) is 0.591. The number of aromatic hydroxyl groups is 2. The summed E-state index contributed by atoms with van der Waals surface area (Å²) in [5.74, 6) is -0.396. The highest BCUT2D eigenvalue weighted by atomic mass is 31.2. The van der Waals surface area contributed by atoms with E-state index in [-0.39, 0.29) is 17.0 Å². The molecule has 0 aliphatic rings. The average molecular weight is 323 g/mol. The molecule has 0 spiro atoms. The molecule has 0 bridgehead atoms. The fraction of sp³-hybridized carbons (Fsp3) is 0.500. The van der Waals surface area contributed by atoms with Gasteiger partial charge in [-0.05, 0) is 38.5 Å². The number of benzene rings is 1. The summed E-state index contributed by atoms with van der Waals surface area (Å²) < 4.78 is 8.88. The van der Waals surface area contributed by atoms with Crippen molar-refractivity contribution in [3.63, 3.8) is 0 Å². The fourth-order valence-corrected chi connectivity index (χ4v) is 1.27.